The van der Waals surface area contributed by atoms with E-state index in [-0.39, 0.29) is 24.0 Å². The van der Waals surface area contributed by atoms with Crippen molar-refractivity contribution in [2.75, 3.05) is 18.4 Å². The third-order valence-corrected chi connectivity index (χ3v) is 4.34. The molecule has 10 heteroatoms. The van der Waals surface area contributed by atoms with Gasteiger partial charge in [0.05, 0.1) is 23.4 Å². The molecule has 0 bridgehead atoms. The number of rotatable bonds is 3. The minimum atomic E-state index is -4.53. The van der Waals surface area contributed by atoms with Crippen LogP contribution in [-0.2, 0) is 6.18 Å². The van der Waals surface area contributed by atoms with Crippen LogP contribution < -0.4 is 10.6 Å². The van der Waals surface area contributed by atoms with E-state index in [1.54, 1.807) is 13.0 Å². The molecule has 1 aromatic heterocycles. The molecule has 4 N–H and O–H groups in total. The number of hydrogen-bond acceptors (Lipinski definition) is 6. The van der Waals surface area contributed by atoms with Gasteiger partial charge in [0.2, 0.25) is 0 Å². The number of anilines is 1. The van der Waals surface area contributed by atoms with Crippen molar-refractivity contribution in [1.29, 1.82) is 0 Å². The first-order valence-electron chi connectivity index (χ1n) is 8.16. The fourth-order valence-corrected chi connectivity index (χ4v) is 2.91. The number of nitrogens with one attached hydrogen (secondary N) is 2. The Kier molecular flexibility index (Phi) is 6.50. The topological polar surface area (TPSA) is 90.3 Å². The van der Waals surface area contributed by atoms with Gasteiger partial charge < -0.3 is 20.8 Å². The molecule has 0 saturated carbocycles. The average molecular weight is 405 g/mol. The zero-order valence-corrected chi connectivity index (χ0v) is 15.2. The molecule has 0 spiro atoms. The number of benzene rings is 1. The minimum absolute atomic E-state index is 0. The highest BCUT2D eigenvalue weighted by Crippen LogP contribution is 2.36. The molecule has 3 rings (SSSR count). The minimum Gasteiger partial charge on any atom is -0.507 e. The van der Waals surface area contributed by atoms with Gasteiger partial charge in [0.25, 0.3) is 0 Å². The van der Waals surface area contributed by atoms with Crippen LogP contribution in [0.1, 0.15) is 17.5 Å². The molecular formula is C17H20ClF3N4O2. The fourth-order valence-electron chi connectivity index (χ4n) is 2.91. The number of phenols is 1. The normalized spacial score (nSPS) is 20.0. The lowest BCUT2D eigenvalue weighted by atomic mass is 10.0. The molecule has 2 aromatic rings. The third kappa shape index (κ3) is 4.79. The maximum absolute atomic E-state index is 12.7. The Hall–Kier alpha value is -2.10. The zero-order chi connectivity index (χ0) is 18.9. The van der Waals surface area contributed by atoms with Crippen LogP contribution in [0.2, 0.25) is 0 Å². The summed E-state index contributed by atoms with van der Waals surface area (Å²) in [5, 5.41) is 34.3. The summed E-state index contributed by atoms with van der Waals surface area (Å²) in [5.41, 5.74) is 0.176. The first-order chi connectivity index (χ1) is 12.3. The molecule has 1 aliphatic rings. The van der Waals surface area contributed by atoms with Gasteiger partial charge in [-0.05, 0) is 49.7 Å². The summed E-state index contributed by atoms with van der Waals surface area (Å²) in [5.74, 6) is -0.0600. The Bertz CT molecular complexity index is 804. The van der Waals surface area contributed by atoms with Crippen molar-refractivity contribution in [3.05, 3.63) is 35.4 Å². The van der Waals surface area contributed by atoms with Crippen LogP contribution in [0.15, 0.2) is 24.3 Å². The molecule has 1 aliphatic heterocycles. The first kappa shape index (κ1) is 21.2. The molecule has 0 amide bonds. The molecule has 2 atom stereocenters. The number of hydrogen-bond donors (Lipinski definition) is 4. The van der Waals surface area contributed by atoms with Crippen LogP contribution in [-0.4, -0.2) is 45.6 Å². The summed E-state index contributed by atoms with van der Waals surface area (Å²) >= 11 is 0. The third-order valence-electron chi connectivity index (χ3n) is 4.34. The van der Waals surface area contributed by atoms with Crippen LogP contribution >= 0.6 is 12.4 Å². The van der Waals surface area contributed by atoms with Crippen molar-refractivity contribution < 1.29 is 23.4 Å². The molecule has 0 aliphatic carbocycles. The van der Waals surface area contributed by atoms with E-state index < -0.39 is 23.6 Å². The van der Waals surface area contributed by atoms with E-state index >= 15 is 0 Å². The number of aliphatic hydroxyl groups excluding tert-OH is 1. The van der Waals surface area contributed by atoms with E-state index in [9.17, 15) is 23.4 Å². The van der Waals surface area contributed by atoms with E-state index in [0.717, 1.165) is 12.6 Å². The second-order valence-electron chi connectivity index (χ2n) is 6.30. The van der Waals surface area contributed by atoms with Crippen LogP contribution in [0, 0.1) is 6.92 Å². The highest BCUT2D eigenvalue weighted by atomic mass is 35.5. The predicted molar refractivity (Wildman–Crippen MR) is 97.0 cm³/mol. The van der Waals surface area contributed by atoms with Gasteiger partial charge >= 0.3 is 6.18 Å². The number of aryl methyl sites for hydroxylation is 1. The molecule has 2 heterocycles. The lowest BCUT2D eigenvalue weighted by molar-refractivity contribution is -0.137. The number of aromatic hydroxyl groups is 1. The largest absolute Gasteiger partial charge is 0.507 e. The number of aliphatic hydroxyl groups is 1. The molecule has 1 fully saturated rings. The van der Waals surface area contributed by atoms with E-state index in [1.807, 2.05) is 0 Å². The molecule has 0 unspecified atom stereocenters. The molecule has 27 heavy (non-hydrogen) atoms. The molecule has 0 radical (unpaired) electrons. The van der Waals surface area contributed by atoms with E-state index in [1.165, 1.54) is 6.07 Å². The molecule has 6 nitrogen and oxygen atoms in total. The smallest absolute Gasteiger partial charge is 0.416 e. The molecule has 1 saturated heterocycles. The Morgan fingerprint density at radius 2 is 1.96 bits per heavy atom. The average Bonchev–Trinajstić information content (AvgIpc) is 2.57. The maximum Gasteiger partial charge on any atom is 0.416 e. The van der Waals surface area contributed by atoms with Crippen LogP contribution in [0.5, 0.6) is 5.75 Å². The van der Waals surface area contributed by atoms with Gasteiger partial charge in [0.1, 0.15) is 11.6 Å². The molecule has 148 valence electrons. The van der Waals surface area contributed by atoms with Crippen LogP contribution in [0.4, 0.5) is 19.0 Å². The summed E-state index contributed by atoms with van der Waals surface area (Å²) in [6, 6.07) is 4.22. The van der Waals surface area contributed by atoms with Gasteiger partial charge in [-0.3, -0.25) is 0 Å². The Morgan fingerprint density at radius 3 is 2.56 bits per heavy atom. The number of nitrogens with zero attached hydrogens (tertiary/aromatic N) is 2. The number of piperidine rings is 1. The highest BCUT2D eigenvalue weighted by Gasteiger charge is 2.31. The summed E-state index contributed by atoms with van der Waals surface area (Å²) in [6.45, 7) is 3.06. The van der Waals surface area contributed by atoms with Crippen molar-refractivity contribution >= 4 is 18.2 Å². The van der Waals surface area contributed by atoms with Gasteiger partial charge in [0, 0.05) is 12.1 Å². The lowest BCUT2D eigenvalue weighted by Gasteiger charge is -2.29. The summed E-state index contributed by atoms with van der Waals surface area (Å²) < 4.78 is 38.1. The first-order valence-corrected chi connectivity index (χ1v) is 8.16. The second-order valence-corrected chi connectivity index (χ2v) is 6.30. The quantitative estimate of drug-likeness (QED) is 0.629. The standard InChI is InChI=1S/C17H19F3N4O2.ClH/c1-9-6-15(22-12-8-21-5-4-13(12)25)23-24-16(9)11-3-2-10(7-14(11)26)17(18,19)20;/h2-3,6-7,12-13,21,25-26H,4-5,8H2,1H3,(H,22,23);1H/t12-,13+;/m0./s1. The van der Waals surface area contributed by atoms with Gasteiger partial charge in [-0.1, -0.05) is 0 Å². The van der Waals surface area contributed by atoms with Gasteiger partial charge in [-0.25, -0.2) is 0 Å². The second kappa shape index (κ2) is 8.28. The Balaban J connectivity index is 0.00000261. The van der Waals surface area contributed by atoms with Crippen molar-refractivity contribution in [3.8, 4) is 17.0 Å². The van der Waals surface area contributed by atoms with Crippen LogP contribution in [0.3, 0.4) is 0 Å². The van der Waals surface area contributed by atoms with Crippen molar-refractivity contribution in [2.24, 2.45) is 0 Å². The number of alkyl halides is 3. The van der Waals surface area contributed by atoms with Gasteiger partial charge in [-0.15, -0.1) is 22.6 Å². The van der Waals surface area contributed by atoms with E-state index in [0.29, 0.717) is 36.1 Å². The van der Waals surface area contributed by atoms with Gasteiger partial charge in [-0.2, -0.15) is 13.2 Å². The van der Waals surface area contributed by atoms with Crippen LogP contribution in [0.25, 0.3) is 11.3 Å². The Morgan fingerprint density at radius 1 is 1.22 bits per heavy atom. The SMILES string of the molecule is Cc1cc(N[C@H]2CNCC[C@H]2O)nnc1-c1ccc(C(F)(F)F)cc1O.Cl. The molecule has 1 aromatic carbocycles. The maximum atomic E-state index is 12.7. The zero-order valence-electron chi connectivity index (χ0n) is 14.4. The Labute approximate surface area is 160 Å². The van der Waals surface area contributed by atoms with Crippen molar-refractivity contribution in [1.82, 2.24) is 15.5 Å². The summed E-state index contributed by atoms with van der Waals surface area (Å²) in [4.78, 5) is 0. The monoisotopic (exact) mass is 404 g/mol. The van der Waals surface area contributed by atoms with Crippen molar-refractivity contribution in [3.63, 3.8) is 0 Å². The van der Waals surface area contributed by atoms with E-state index in [4.69, 9.17) is 0 Å². The predicted octanol–water partition coefficient (Wildman–Crippen LogP) is 2.73. The van der Waals surface area contributed by atoms with Crippen molar-refractivity contribution in [2.45, 2.75) is 31.7 Å². The number of phenolic OH excluding ortho intramolecular Hbond substituents is 1. The lowest BCUT2D eigenvalue weighted by Crippen LogP contribution is -2.48. The summed E-state index contributed by atoms with van der Waals surface area (Å²) in [7, 11) is 0. The summed E-state index contributed by atoms with van der Waals surface area (Å²) in [6.07, 6.45) is -4.40. The van der Waals surface area contributed by atoms with Gasteiger partial charge in [0.15, 0.2) is 0 Å². The highest BCUT2D eigenvalue weighted by molar-refractivity contribution is 5.85. The number of aromatic nitrogens is 2. The van der Waals surface area contributed by atoms with E-state index in [2.05, 4.69) is 20.8 Å². The fraction of sp³-hybridized carbons (Fsp3) is 0.412. The number of halogens is 4. The molecular weight excluding hydrogens is 385 g/mol.